The van der Waals surface area contributed by atoms with Crippen molar-refractivity contribution in [1.82, 2.24) is 4.68 Å². The second kappa shape index (κ2) is 7.65. The Bertz CT molecular complexity index is 1240. The molecule has 7 nitrogen and oxygen atoms in total. The molecule has 3 rings (SSSR count). The van der Waals surface area contributed by atoms with Gasteiger partial charge in [-0.15, -0.1) is 4.91 Å². The number of para-hydroxylation sites is 1. The van der Waals surface area contributed by atoms with Crippen LogP contribution in [0.15, 0.2) is 52.7 Å². The van der Waals surface area contributed by atoms with E-state index in [1.165, 1.54) is 6.07 Å². The lowest BCUT2D eigenvalue weighted by atomic mass is 9.79. The molecule has 3 aromatic rings. The number of anilines is 1. The minimum absolute atomic E-state index is 0.0523. The van der Waals surface area contributed by atoms with E-state index in [1.807, 2.05) is 47.6 Å². The summed E-state index contributed by atoms with van der Waals surface area (Å²) in [5.41, 5.74) is 0.766. The number of phenols is 1. The van der Waals surface area contributed by atoms with Crippen molar-refractivity contribution < 1.29 is 9.90 Å². The number of nitroso groups, excluding NO2 is 1. The zero-order valence-corrected chi connectivity index (χ0v) is 18.6. The molecular weight excluding hydrogens is 394 g/mol. The van der Waals surface area contributed by atoms with E-state index in [0.29, 0.717) is 11.1 Å². The molecule has 31 heavy (non-hydrogen) atoms. The monoisotopic (exact) mass is 421 g/mol. The van der Waals surface area contributed by atoms with Crippen LogP contribution in [0, 0.1) is 4.91 Å². The van der Waals surface area contributed by atoms with Crippen LogP contribution in [0.4, 0.5) is 5.69 Å². The molecule has 162 valence electrons. The topological polar surface area (TPSA) is 101 Å². The summed E-state index contributed by atoms with van der Waals surface area (Å²) in [6, 6.07) is 10.1. The van der Waals surface area contributed by atoms with Gasteiger partial charge < -0.3 is 10.4 Å². The summed E-state index contributed by atoms with van der Waals surface area (Å²) >= 11 is 0. The number of hydrogen-bond donors (Lipinski definition) is 2. The van der Waals surface area contributed by atoms with Crippen LogP contribution in [0.25, 0.3) is 10.9 Å². The highest BCUT2D eigenvalue weighted by atomic mass is 16.3. The first kappa shape index (κ1) is 22.2. The number of aromatic hydroxyl groups is 1. The molecule has 0 unspecified atom stereocenters. The highest BCUT2D eigenvalue weighted by molar-refractivity contribution is 6.06. The molecule has 0 atom stereocenters. The van der Waals surface area contributed by atoms with Crippen LogP contribution in [0.1, 0.15) is 63.0 Å². The number of pyridine rings is 1. The number of rotatable bonds is 3. The van der Waals surface area contributed by atoms with Crippen LogP contribution >= 0.6 is 0 Å². The lowest BCUT2D eigenvalue weighted by molar-refractivity contribution is 0.102. The Morgan fingerprint density at radius 3 is 2.26 bits per heavy atom. The Hall–Kier alpha value is -3.48. The number of nitrogens with zero attached hydrogens (tertiary/aromatic N) is 2. The lowest BCUT2D eigenvalue weighted by Crippen LogP contribution is -2.24. The van der Waals surface area contributed by atoms with E-state index in [9.17, 15) is 19.6 Å². The molecule has 7 heteroatoms. The first-order valence-corrected chi connectivity index (χ1v) is 10.0. The summed E-state index contributed by atoms with van der Waals surface area (Å²) in [7, 11) is 0. The molecule has 0 aliphatic rings. The highest BCUT2D eigenvalue weighted by Gasteiger charge is 2.26. The Morgan fingerprint density at radius 1 is 1.03 bits per heavy atom. The minimum Gasteiger partial charge on any atom is -0.505 e. The number of nitrogens with one attached hydrogen (secondary N) is 1. The van der Waals surface area contributed by atoms with Gasteiger partial charge in [0.25, 0.3) is 5.91 Å². The molecule has 2 N–H and O–H groups in total. The summed E-state index contributed by atoms with van der Waals surface area (Å²) in [6.45, 7) is 12.0. The molecule has 0 saturated heterocycles. The number of hydrogen-bond acceptors (Lipinski definition) is 5. The number of fused-ring (bicyclic) bond motifs is 1. The van der Waals surface area contributed by atoms with E-state index in [4.69, 9.17) is 0 Å². The van der Waals surface area contributed by atoms with E-state index in [2.05, 4.69) is 10.6 Å². The van der Waals surface area contributed by atoms with Gasteiger partial charge in [-0.1, -0.05) is 59.7 Å². The van der Waals surface area contributed by atoms with Crippen molar-refractivity contribution >= 4 is 22.5 Å². The van der Waals surface area contributed by atoms with Crippen molar-refractivity contribution in [3.8, 4) is 5.75 Å². The average Bonchev–Trinajstić information content (AvgIpc) is 2.68. The number of phenolic OH excluding ortho intramolecular Hbond substituents is 1. The number of amides is 1. The maximum Gasteiger partial charge on any atom is 0.261 e. The quantitative estimate of drug-likeness (QED) is 0.455. The largest absolute Gasteiger partial charge is 0.505 e. The smallest absolute Gasteiger partial charge is 0.261 e. The van der Waals surface area contributed by atoms with Crippen molar-refractivity contribution in [3.05, 3.63) is 74.4 Å². The molecule has 0 fully saturated rings. The lowest BCUT2D eigenvalue weighted by Gasteiger charge is -2.27. The molecule has 0 aliphatic heterocycles. The second-order valence-corrected chi connectivity index (χ2v) is 9.69. The van der Waals surface area contributed by atoms with Gasteiger partial charge in [-0.3, -0.25) is 9.59 Å². The fourth-order valence-electron chi connectivity index (χ4n) is 3.41. The minimum atomic E-state index is -0.727. The molecule has 0 spiro atoms. The van der Waals surface area contributed by atoms with E-state index in [-0.39, 0.29) is 33.2 Å². The Kier molecular flexibility index (Phi) is 5.48. The zero-order chi connectivity index (χ0) is 23.1. The number of aromatic nitrogens is 1. The predicted octanol–water partition coefficient (Wildman–Crippen LogP) is 5.08. The fourth-order valence-corrected chi connectivity index (χ4v) is 3.41. The normalized spacial score (nSPS) is 12.1. The molecule has 1 amide bonds. The van der Waals surface area contributed by atoms with Crippen LogP contribution < -0.4 is 10.7 Å². The van der Waals surface area contributed by atoms with Crippen LogP contribution in [-0.2, 0) is 10.8 Å². The number of carbonyl (C=O) groups excluding carboxylic acids is 1. The van der Waals surface area contributed by atoms with Crippen molar-refractivity contribution in [2.24, 2.45) is 5.29 Å². The molecule has 0 saturated carbocycles. The van der Waals surface area contributed by atoms with Gasteiger partial charge in [-0.25, -0.2) is 4.68 Å². The van der Waals surface area contributed by atoms with Gasteiger partial charge in [-0.05, 0) is 34.6 Å². The molecule has 1 aromatic heterocycles. The van der Waals surface area contributed by atoms with Crippen molar-refractivity contribution in [3.63, 3.8) is 0 Å². The third-order valence-electron chi connectivity index (χ3n) is 5.26. The molecule has 0 aliphatic carbocycles. The van der Waals surface area contributed by atoms with E-state index >= 15 is 0 Å². The van der Waals surface area contributed by atoms with E-state index in [0.717, 1.165) is 16.4 Å². The summed E-state index contributed by atoms with van der Waals surface area (Å²) in [5.74, 6) is -0.780. The van der Waals surface area contributed by atoms with Crippen LogP contribution in [0.2, 0.25) is 0 Å². The van der Waals surface area contributed by atoms with Gasteiger partial charge in [0.1, 0.15) is 11.3 Å². The summed E-state index contributed by atoms with van der Waals surface area (Å²) < 4.78 is 0.956. The predicted molar refractivity (Wildman–Crippen MR) is 123 cm³/mol. The third-order valence-corrected chi connectivity index (χ3v) is 5.26. The Morgan fingerprint density at radius 2 is 1.68 bits per heavy atom. The van der Waals surface area contributed by atoms with Crippen LogP contribution in [-0.4, -0.2) is 15.7 Å². The fraction of sp³-hybridized carbons (Fsp3) is 0.333. The molecule has 0 bridgehead atoms. The molecule has 1 heterocycles. The molecule has 2 aromatic carbocycles. The van der Waals surface area contributed by atoms with Gasteiger partial charge in [0.05, 0.1) is 16.5 Å². The van der Waals surface area contributed by atoms with Crippen molar-refractivity contribution in [2.75, 3.05) is 5.32 Å². The second-order valence-electron chi connectivity index (χ2n) is 9.69. The van der Waals surface area contributed by atoms with Gasteiger partial charge in [0.15, 0.2) is 0 Å². The van der Waals surface area contributed by atoms with E-state index < -0.39 is 11.3 Å². The van der Waals surface area contributed by atoms with Gasteiger partial charge in [0.2, 0.25) is 5.43 Å². The maximum atomic E-state index is 13.0. The Balaban J connectivity index is 2.15. The average molecular weight is 421 g/mol. The van der Waals surface area contributed by atoms with Crippen LogP contribution in [0.3, 0.4) is 0 Å². The standard InChI is InChI=1S/C24H27N3O4/c1-23(2,3)14-11-17(24(4,5)6)21(29)18(12-14)25-22(30)16-13-27(26-31)19-10-8-7-9-15(19)20(16)28/h7-13,29H,1-6H3,(H,25,30). The molecular formula is C24H27N3O4. The summed E-state index contributed by atoms with van der Waals surface area (Å²) in [6.07, 6.45) is 1.11. The molecule has 0 radical (unpaired) electrons. The van der Waals surface area contributed by atoms with Gasteiger partial charge in [-0.2, -0.15) is 0 Å². The number of benzene rings is 2. The first-order valence-electron chi connectivity index (χ1n) is 10.0. The van der Waals surface area contributed by atoms with E-state index in [1.54, 1.807) is 24.3 Å². The highest BCUT2D eigenvalue weighted by Crippen LogP contribution is 2.40. The van der Waals surface area contributed by atoms with Gasteiger partial charge in [0, 0.05) is 17.1 Å². The maximum absolute atomic E-state index is 13.0. The summed E-state index contributed by atoms with van der Waals surface area (Å²) in [5, 5.41) is 16.7. The number of carbonyl (C=O) groups is 1. The zero-order valence-electron chi connectivity index (χ0n) is 18.6. The third kappa shape index (κ3) is 4.21. The Labute approximate surface area is 180 Å². The summed E-state index contributed by atoms with van der Waals surface area (Å²) in [4.78, 5) is 37.2. The first-order chi connectivity index (χ1) is 14.3. The van der Waals surface area contributed by atoms with Gasteiger partial charge >= 0.3 is 0 Å². The van der Waals surface area contributed by atoms with Crippen molar-refractivity contribution in [2.45, 2.75) is 52.4 Å². The SMILES string of the molecule is CC(C)(C)c1cc(NC(=O)c2cn(N=O)c3ccccc3c2=O)c(O)c(C(C)(C)C)c1. The van der Waals surface area contributed by atoms with Crippen molar-refractivity contribution in [1.29, 1.82) is 0 Å². The van der Waals surface area contributed by atoms with Crippen LogP contribution in [0.5, 0.6) is 5.75 Å².